The zero-order valence-electron chi connectivity index (χ0n) is 8.37. The van der Waals surface area contributed by atoms with Crippen molar-refractivity contribution >= 4 is 16.7 Å². The van der Waals surface area contributed by atoms with E-state index in [1.54, 1.807) is 0 Å². The van der Waals surface area contributed by atoms with Crippen LogP contribution in [0.5, 0.6) is 0 Å². The van der Waals surface area contributed by atoms with E-state index >= 15 is 0 Å². The molecule has 0 radical (unpaired) electrons. The molecule has 2 rings (SSSR count). The number of aromatic nitrogens is 2. The summed E-state index contributed by atoms with van der Waals surface area (Å²) in [6.07, 6.45) is -2.49. The maximum absolute atomic E-state index is 12.3. The van der Waals surface area contributed by atoms with Crippen LogP contribution in [-0.4, -0.2) is 28.5 Å². The van der Waals surface area contributed by atoms with Gasteiger partial charge in [0.15, 0.2) is 0 Å². The zero-order chi connectivity index (χ0) is 11.8. The van der Waals surface area contributed by atoms with Gasteiger partial charge in [0.25, 0.3) is 0 Å². The molecule has 0 spiro atoms. The van der Waals surface area contributed by atoms with Gasteiger partial charge in [-0.15, -0.1) is 0 Å². The van der Waals surface area contributed by atoms with E-state index in [9.17, 15) is 13.2 Å². The average molecular weight is 252 g/mol. The second-order valence-electron chi connectivity index (χ2n) is 3.61. The number of rotatable bonds is 4. The number of nitrogens with two attached hydrogens (primary N) is 1. The number of halogens is 3. The van der Waals surface area contributed by atoms with Gasteiger partial charge in [-0.3, -0.25) is 0 Å². The molecule has 0 atom stereocenters. The van der Waals surface area contributed by atoms with Crippen molar-refractivity contribution in [2.45, 2.75) is 25.1 Å². The fraction of sp³-hybridized carbons (Fsp3) is 0.750. The molecule has 1 fully saturated rings. The molecule has 0 amide bonds. The molecular formula is C8H11F3N4S. The third kappa shape index (κ3) is 2.43. The van der Waals surface area contributed by atoms with Crippen molar-refractivity contribution in [1.29, 1.82) is 0 Å². The Labute approximate surface area is 94.4 Å². The lowest BCUT2D eigenvalue weighted by Crippen LogP contribution is -2.31. The Morgan fingerprint density at radius 2 is 2.12 bits per heavy atom. The van der Waals surface area contributed by atoms with E-state index in [4.69, 9.17) is 5.73 Å². The average Bonchev–Trinajstić information content (AvgIpc) is 2.89. The summed E-state index contributed by atoms with van der Waals surface area (Å²) in [6.45, 7) is 0.925. The summed E-state index contributed by atoms with van der Waals surface area (Å²) in [6, 6.07) is 0.289. The molecular weight excluding hydrogens is 241 g/mol. The first kappa shape index (κ1) is 11.6. The zero-order valence-corrected chi connectivity index (χ0v) is 9.18. The summed E-state index contributed by atoms with van der Waals surface area (Å²) in [5.74, 6) is -1.06. The standard InChI is InChI=1S/C8H11F3N4S/c9-8(10,11)6-13-7(16-14-6)15(4-3-12)5-1-2-5/h5H,1-4,12H2. The quantitative estimate of drug-likeness (QED) is 0.882. The van der Waals surface area contributed by atoms with E-state index in [2.05, 4.69) is 9.36 Å². The summed E-state index contributed by atoms with van der Waals surface area (Å²) >= 11 is 0.782. The van der Waals surface area contributed by atoms with Crippen LogP contribution in [0.1, 0.15) is 18.7 Å². The van der Waals surface area contributed by atoms with Crippen LogP contribution < -0.4 is 10.6 Å². The summed E-state index contributed by atoms with van der Waals surface area (Å²) in [5.41, 5.74) is 5.42. The molecule has 1 aromatic rings. The van der Waals surface area contributed by atoms with Crippen LogP contribution in [0.4, 0.5) is 18.3 Å². The number of nitrogens with zero attached hydrogens (tertiary/aromatic N) is 3. The van der Waals surface area contributed by atoms with E-state index in [1.165, 1.54) is 0 Å². The summed E-state index contributed by atoms with van der Waals surface area (Å²) in [5, 5.41) is 0.320. The highest BCUT2D eigenvalue weighted by Crippen LogP contribution is 2.35. The first-order valence-corrected chi connectivity index (χ1v) is 5.67. The second kappa shape index (κ2) is 4.17. The molecule has 16 heavy (non-hydrogen) atoms. The lowest BCUT2D eigenvalue weighted by molar-refractivity contribution is -0.144. The predicted octanol–water partition coefficient (Wildman–Crippen LogP) is 1.48. The molecule has 1 aliphatic rings. The number of hydrogen-bond acceptors (Lipinski definition) is 5. The molecule has 4 nitrogen and oxygen atoms in total. The first-order valence-electron chi connectivity index (χ1n) is 4.90. The Bertz CT molecular complexity index is 360. The van der Waals surface area contributed by atoms with Crippen molar-refractivity contribution < 1.29 is 13.2 Å². The van der Waals surface area contributed by atoms with Crippen molar-refractivity contribution in [2.75, 3.05) is 18.0 Å². The highest BCUT2D eigenvalue weighted by Gasteiger charge is 2.38. The van der Waals surface area contributed by atoms with Gasteiger partial charge < -0.3 is 10.6 Å². The van der Waals surface area contributed by atoms with Crippen molar-refractivity contribution in [2.24, 2.45) is 5.73 Å². The van der Waals surface area contributed by atoms with Gasteiger partial charge in [-0.05, 0) is 12.8 Å². The van der Waals surface area contributed by atoms with Crippen molar-refractivity contribution in [3.8, 4) is 0 Å². The molecule has 0 aliphatic heterocycles. The minimum atomic E-state index is -4.47. The Balaban J connectivity index is 2.15. The third-order valence-corrected chi connectivity index (χ3v) is 3.03. The first-order chi connectivity index (χ1) is 7.52. The second-order valence-corrected chi connectivity index (χ2v) is 4.34. The third-order valence-electron chi connectivity index (χ3n) is 2.27. The van der Waals surface area contributed by atoms with Crippen molar-refractivity contribution in [1.82, 2.24) is 9.36 Å². The molecule has 0 bridgehead atoms. The monoisotopic (exact) mass is 252 g/mol. The van der Waals surface area contributed by atoms with E-state index in [1.807, 2.05) is 4.90 Å². The summed E-state index contributed by atoms with van der Waals surface area (Å²) < 4.78 is 40.2. The van der Waals surface area contributed by atoms with Gasteiger partial charge in [0.2, 0.25) is 11.0 Å². The van der Waals surface area contributed by atoms with Crippen LogP contribution in [0, 0.1) is 0 Å². The fourth-order valence-electron chi connectivity index (χ4n) is 1.41. The lowest BCUT2D eigenvalue weighted by atomic mass is 10.5. The number of alkyl halides is 3. The van der Waals surface area contributed by atoms with Crippen molar-refractivity contribution in [3.05, 3.63) is 5.82 Å². The van der Waals surface area contributed by atoms with Crippen LogP contribution in [0.2, 0.25) is 0 Å². The molecule has 1 aliphatic carbocycles. The van der Waals surface area contributed by atoms with Crippen LogP contribution in [0.3, 0.4) is 0 Å². The Morgan fingerprint density at radius 3 is 2.56 bits per heavy atom. The summed E-state index contributed by atoms with van der Waals surface area (Å²) in [4.78, 5) is 5.33. The number of anilines is 1. The fourth-order valence-corrected chi connectivity index (χ4v) is 2.19. The van der Waals surface area contributed by atoms with Gasteiger partial charge in [-0.1, -0.05) is 0 Å². The Morgan fingerprint density at radius 1 is 1.44 bits per heavy atom. The van der Waals surface area contributed by atoms with Gasteiger partial charge in [-0.2, -0.15) is 22.5 Å². The van der Waals surface area contributed by atoms with E-state index in [0.717, 1.165) is 24.4 Å². The molecule has 0 unspecified atom stereocenters. The Kier molecular flexibility index (Phi) is 3.02. The molecule has 2 N–H and O–H groups in total. The Hall–Kier alpha value is -0.890. The molecule has 0 saturated heterocycles. The van der Waals surface area contributed by atoms with Crippen LogP contribution >= 0.6 is 11.5 Å². The predicted molar refractivity (Wildman–Crippen MR) is 54.3 cm³/mol. The van der Waals surface area contributed by atoms with E-state index < -0.39 is 12.0 Å². The summed E-state index contributed by atoms with van der Waals surface area (Å²) in [7, 11) is 0. The molecule has 0 aromatic carbocycles. The highest BCUT2D eigenvalue weighted by atomic mass is 32.1. The molecule has 90 valence electrons. The largest absolute Gasteiger partial charge is 0.452 e. The van der Waals surface area contributed by atoms with Crippen LogP contribution in [0.25, 0.3) is 0 Å². The number of hydrogen-bond donors (Lipinski definition) is 1. The lowest BCUT2D eigenvalue weighted by Gasteiger charge is -2.19. The molecule has 8 heteroatoms. The smallest absolute Gasteiger partial charge is 0.343 e. The van der Waals surface area contributed by atoms with E-state index in [0.29, 0.717) is 18.2 Å². The minimum absolute atomic E-state index is 0.289. The minimum Gasteiger partial charge on any atom is -0.343 e. The maximum Gasteiger partial charge on any atom is 0.452 e. The van der Waals surface area contributed by atoms with Crippen LogP contribution in [-0.2, 0) is 6.18 Å². The topological polar surface area (TPSA) is 55.0 Å². The SMILES string of the molecule is NCCN(c1nc(C(F)(F)F)ns1)C1CC1. The molecule has 1 saturated carbocycles. The van der Waals surface area contributed by atoms with Gasteiger partial charge in [0, 0.05) is 30.7 Å². The van der Waals surface area contributed by atoms with Gasteiger partial charge >= 0.3 is 6.18 Å². The van der Waals surface area contributed by atoms with Gasteiger partial charge in [-0.25, -0.2) is 0 Å². The highest BCUT2D eigenvalue weighted by molar-refractivity contribution is 7.09. The molecule has 1 heterocycles. The maximum atomic E-state index is 12.3. The normalized spacial score (nSPS) is 16.5. The van der Waals surface area contributed by atoms with Crippen molar-refractivity contribution in [3.63, 3.8) is 0 Å². The van der Waals surface area contributed by atoms with E-state index in [-0.39, 0.29) is 6.04 Å². The van der Waals surface area contributed by atoms with Gasteiger partial charge in [0.1, 0.15) is 0 Å². The molecule has 1 aromatic heterocycles. The van der Waals surface area contributed by atoms with Crippen LogP contribution in [0.15, 0.2) is 0 Å². The van der Waals surface area contributed by atoms with Gasteiger partial charge in [0.05, 0.1) is 0 Å².